The number of hydrogen-bond donors (Lipinski definition) is 1. The van der Waals surface area contributed by atoms with Crippen LogP contribution < -0.4 is 5.32 Å². The monoisotopic (exact) mass is 212 g/mol. The van der Waals surface area contributed by atoms with Gasteiger partial charge in [-0.05, 0) is 33.4 Å². The lowest BCUT2D eigenvalue weighted by Gasteiger charge is -2.29. The van der Waals surface area contributed by atoms with E-state index in [2.05, 4.69) is 27.5 Å². The van der Waals surface area contributed by atoms with E-state index < -0.39 is 0 Å². The molecule has 5 heteroatoms. The summed E-state index contributed by atoms with van der Waals surface area (Å²) >= 11 is 1.63. The van der Waals surface area contributed by atoms with Gasteiger partial charge in [0.2, 0.25) is 5.13 Å². The first kappa shape index (κ1) is 9.86. The molecule has 2 rings (SSSR count). The van der Waals surface area contributed by atoms with Crippen molar-refractivity contribution in [3.63, 3.8) is 0 Å². The Morgan fingerprint density at radius 3 is 3.00 bits per heavy atom. The van der Waals surface area contributed by atoms with Crippen LogP contribution >= 0.6 is 11.3 Å². The Bertz CT molecular complexity index is 299. The topological polar surface area (TPSA) is 41.1 Å². The Kier molecular flexibility index (Phi) is 2.98. The fourth-order valence-corrected chi connectivity index (χ4v) is 2.48. The zero-order valence-electron chi connectivity index (χ0n) is 8.66. The highest BCUT2D eigenvalue weighted by atomic mass is 32.1. The fourth-order valence-electron chi connectivity index (χ4n) is 1.81. The van der Waals surface area contributed by atoms with E-state index in [0.29, 0.717) is 6.04 Å². The molecule has 0 bridgehead atoms. The van der Waals surface area contributed by atoms with E-state index in [1.165, 1.54) is 19.4 Å². The largest absolute Gasteiger partial charge is 0.356 e. The Morgan fingerprint density at radius 2 is 2.36 bits per heavy atom. The van der Waals surface area contributed by atoms with E-state index in [9.17, 15) is 0 Å². The van der Waals surface area contributed by atoms with Crippen molar-refractivity contribution in [2.45, 2.75) is 25.8 Å². The van der Waals surface area contributed by atoms with E-state index in [-0.39, 0.29) is 0 Å². The minimum atomic E-state index is 0.543. The zero-order chi connectivity index (χ0) is 9.97. The highest BCUT2D eigenvalue weighted by Crippen LogP contribution is 2.18. The van der Waals surface area contributed by atoms with E-state index in [4.69, 9.17) is 0 Å². The van der Waals surface area contributed by atoms with Crippen molar-refractivity contribution in [2.75, 3.05) is 25.5 Å². The van der Waals surface area contributed by atoms with Gasteiger partial charge in [0.15, 0.2) is 0 Å². The van der Waals surface area contributed by atoms with Crippen LogP contribution in [0, 0.1) is 6.92 Å². The normalized spacial score (nSPS) is 23.7. The molecule has 1 fully saturated rings. The summed E-state index contributed by atoms with van der Waals surface area (Å²) in [5.74, 6) is 0. The van der Waals surface area contributed by atoms with Gasteiger partial charge in [-0.25, -0.2) is 0 Å². The first-order chi connectivity index (χ1) is 6.74. The molecule has 1 saturated heterocycles. The maximum absolute atomic E-state index is 4.07. The third-order valence-electron chi connectivity index (χ3n) is 2.48. The van der Waals surface area contributed by atoms with Crippen molar-refractivity contribution in [1.29, 1.82) is 0 Å². The number of likely N-dealkylation sites (N-methyl/N-ethyl adjacent to an activating group) is 1. The number of nitrogens with one attached hydrogen (secondary N) is 1. The summed E-state index contributed by atoms with van der Waals surface area (Å²) in [7, 11) is 2.17. The zero-order valence-corrected chi connectivity index (χ0v) is 9.47. The summed E-state index contributed by atoms with van der Waals surface area (Å²) < 4.78 is 0. The summed E-state index contributed by atoms with van der Waals surface area (Å²) in [6.07, 6.45) is 2.51. The maximum Gasteiger partial charge on any atom is 0.205 e. The van der Waals surface area contributed by atoms with E-state index >= 15 is 0 Å². The molecule has 0 radical (unpaired) electrons. The number of anilines is 1. The van der Waals surface area contributed by atoms with Crippen LogP contribution in [-0.4, -0.2) is 41.3 Å². The summed E-state index contributed by atoms with van der Waals surface area (Å²) in [4.78, 5) is 2.36. The number of nitrogens with zero attached hydrogens (tertiary/aromatic N) is 3. The smallest absolute Gasteiger partial charge is 0.205 e. The van der Waals surface area contributed by atoms with Crippen molar-refractivity contribution in [3.05, 3.63) is 5.01 Å². The van der Waals surface area contributed by atoms with Gasteiger partial charge in [-0.3, -0.25) is 0 Å². The first-order valence-electron chi connectivity index (χ1n) is 4.99. The standard InChI is InChI=1S/C9H16N4S/c1-7-11-12-9(14-7)10-8-4-3-5-13(2)6-8/h8H,3-6H2,1-2H3,(H,10,12). The molecular weight excluding hydrogens is 196 g/mol. The van der Waals surface area contributed by atoms with Crippen molar-refractivity contribution >= 4 is 16.5 Å². The second kappa shape index (κ2) is 4.23. The van der Waals surface area contributed by atoms with Gasteiger partial charge in [0, 0.05) is 12.6 Å². The SMILES string of the molecule is Cc1nnc(NC2CCCN(C)C2)s1. The average Bonchev–Trinajstić information content (AvgIpc) is 2.51. The second-order valence-corrected chi connectivity index (χ2v) is 5.05. The quantitative estimate of drug-likeness (QED) is 0.803. The Labute approximate surface area is 88.3 Å². The van der Waals surface area contributed by atoms with Gasteiger partial charge in [-0.15, -0.1) is 10.2 Å². The molecule has 2 heterocycles. The van der Waals surface area contributed by atoms with Crippen LogP contribution in [0.5, 0.6) is 0 Å². The van der Waals surface area contributed by atoms with E-state index in [1.807, 2.05) is 6.92 Å². The molecule has 1 atom stereocenters. The molecule has 1 aliphatic heterocycles. The molecule has 78 valence electrons. The molecular formula is C9H16N4S. The van der Waals surface area contributed by atoms with Crippen LogP contribution in [0.1, 0.15) is 17.8 Å². The minimum absolute atomic E-state index is 0.543. The lowest BCUT2D eigenvalue weighted by molar-refractivity contribution is 0.261. The van der Waals surface area contributed by atoms with Crippen LogP contribution in [0.3, 0.4) is 0 Å². The molecule has 4 nitrogen and oxygen atoms in total. The molecule has 0 aliphatic carbocycles. The third kappa shape index (κ3) is 2.42. The van der Waals surface area contributed by atoms with Crippen LogP contribution in [0.4, 0.5) is 5.13 Å². The van der Waals surface area contributed by atoms with Crippen LogP contribution in [-0.2, 0) is 0 Å². The second-order valence-electron chi connectivity index (χ2n) is 3.87. The van der Waals surface area contributed by atoms with E-state index in [0.717, 1.165) is 16.7 Å². The molecule has 14 heavy (non-hydrogen) atoms. The predicted molar refractivity (Wildman–Crippen MR) is 58.8 cm³/mol. The van der Waals surface area contributed by atoms with Gasteiger partial charge in [0.25, 0.3) is 0 Å². The number of rotatable bonds is 2. The van der Waals surface area contributed by atoms with Crippen molar-refractivity contribution in [2.24, 2.45) is 0 Å². The maximum atomic E-state index is 4.07. The number of likely N-dealkylation sites (tertiary alicyclic amines) is 1. The van der Waals surface area contributed by atoms with Crippen molar-refractivity contribution in [1.82, 2.24) is 15.1 Å². The number of hydrogen-bond acceptors (Lipinski definition) is 5. The van der Waals surface area contributed by atoms with Crippen molar-refractivity contribution < 1.29 is 0 Å². The summed E-state index contributed by atoms with van der Waals surface area (Å²) in [6, 6.07) is 0.543. The Morgan fingerprint density at radius 1 is 1.50 bits per heavy atom. The van der Waals surface area contributed by atoms with Crippen LogP contribution in [0.25, 0.3) is 0 Å². The molecule has 0 saturated carbocycles. The lowest BCUT2D eigenvalue weighted by atomic mass is 10.1. The highest BCUT2D eigenvalue weighted by molar-refractivity contribution is 7.15. The highest BCUT2D eigenvalue weighted by Gasteiger charge is 2.17. The summed E-state index contributed by atoms with van der Waals surface area (Å²) in [5, 5.41) is 13.5. The van der Waals surface area contributed by atoms with Gasteiger partial charge in [-0.1, -0.05) is 11.3 Å². The summed E-state index contributed by atoms with van der Waals surface area (Å²) in [6.45, 7) is 4.31. The molecule has 1 aliphatic rings. The van der Waals surface area contributed by atoms with Gasteiger partial charge < -0.3 is 10.2 Å². The van der Waals surface area contributed by atoms with Gasteiger partial charge in [0.05, 0.1) is 0 Å². The van der Waals surface area contributed by atoms with Gasteiger partial charge >= 0.3 is 0 Å². The van der Waals surface area contributed by atoms with Crippen LogP contribution in [0.2, 0.25) is 0 Å². The average molecular weight is 212 g/mol. The number of aryl methyl sites for hydroxylation is 1. The molecule has 0 amide bonds. The first-order valence-corrected chi connectivity index (χ1v) is 5.81. The molecule has 0 aromatic carbocycles. The Hall–Kier alpha value is -0.680. The summed E-state index contributed by atoms with van der Waals surface area (Å²) in [5.41, 5.74) is 0. The molecule has 1 aromatic heterocycles. The fraction of sp³-hybridized carbons (Fsp3) is 0.778. The van der Waals surface area contributed by atoms with Crippen molar-refractivity contribution in [3.8, 4) is 0 Å². The molecule has 0 spiro atoms. The lowest BCUT2D eigenvalue weighted by Crippen LogP contribution is -2.39. The van der Waals surface area contributed by atoms with Crippen LogP contribution in [0.15, 0.2) is 0 Å². The number of piperidine rings is 1. The molecule has 1 unspecified atom stereocenters. The van der Waals surface area contributed by atoms with Gasteiger partial charge in [-0.2, -0.15) is 0 Å². The van der Waals surface area contributed by atoms with Gasteiger partial charge in [0.1, 0.15) is 5.01 Å². The minimum Gasteiger partial charge on any atom is -0.356 e. The third-order valence-corrected chi connectivity index (χ3v) is 3.25. The van der Waals surface area contributed by atoms with E-state index in [1.54, 1.807) is 11.3 Å². The molecule has 1 aromatic rings. The number of aromatic nitrogens is 2. The molecule has 1 N–H and O–H groups in total. The Balaban J connectivity index is 1.90. The predicted octanol–water partition coefficient (Wildman–Crippen LogP) is 1.35.